The Balaban J connectivity index is 1.67. The fourth-order valence-corrected chi connectivity index (χ4v) is 3.36. The smallest absolute Gasteiger partial charge is 0.224 e. The summed E-state index contributed by atoms with van der Waals surface area (Å²) in [4.78, 5) is 16.5. The predicted molar refractivity (Wildman–Crippen MR) is 75.9 cm³/mol. The third-order valence-electron chi connectivity index (χ3n) is 4.83. The molecule has 2 rings (SSSR count). The van der Waals surface area contributed by atoms with Crippen LogP contribution < -0.4 is 0 Å². The van der Waals surface area contributed by atoms with E-state index in [0.29, 0.717) is 24.3 Å². The number of aliphatic hydroxyl groups excluding tert-OH is 1. The van der Waals surface area contributed by atoms with Gasteiger partial charge in [-0.25, -0.2) is 0 Å². The Kier molecular flexibility index (Phi) is 5.22. The zero-order chi connectivity index (χ0) is 13.8. The Bertz CT molecular complexity index is 299. The molecule has 0 aliphatic carbocycles. The Labute approximate surface area is 116 Å². The molecule has 0 aromatic carbocycles. The lowest BCUT2D eigenvalue weighted by Gasteiger charge is -2.33. The van der Waals surface area contributed by atoms with Gasteiger partial charge in [-0.2, -0.15) is 0 Å². The van der Waals surface area contributed by atoms with Crippen LogP contribution in [-0.4, -0.2) is 59.1 Å². The monoisotopic (exact) mass is 268 g/mol. The summed E-state index contributed by atoms with van der Waals surface area (Å²) in [7, 11) is 0. The van der Waals surface area contributed by atoms with E-state index >= 15 is 0 Å². The highest BCUT2D eigenvalue weighted by molar-refractivity contribution is 5.77. The van der Waals surface area contributed by atoms with Gasteiger partial charge < -0.3 is 14.9 Å². The number of carbonyl (C=O) groups excluding carboxylic acids is 1. The minimum Gasteiger partial charge on any atom is -0.393 e. The van der Waals surface area contributed by atoms with Crippen molar-refractivity contribution >= 4 is 5.91 Å². The molecule has 0 aromatic rings. The van der Waals surface area contributed by atoms with E-state index < -0.39 is 0 Å². The summed E-state index contributed by atoms with van der Waals surface area (Å²) in [5.41, 5.74) is 0. The number of aliphatic hydroxyl groups is 1. The van der Waals surface area contributed by atoms with Crippen LogP contribution in [0.2, 0.25) is 0 Å². The number of hydrogen-bond donors (Lipinski definition) is 1. The number of rotatable bonds is 4. The van der Waals surface area contributed by atoms with Gasteiger partial charge in [-0.05, 0) is 58.5 Å². The van der Waals surface area contributed by atoms with Gasteiger partial charge in [0.1, 0.15) is 0 Å². The van der Waals surface area contributed by atoms with Crippen LogP contribution in [0.1, 0.15) is 46.0 Å². The summed E-state index contributed by atoms with van der Waals surface area (Å²) < 4.78 is 0. The number of nitrogens with zero attached hydrogens (tertiary/aromatic N) is 2. The highest BCUT2D eigenvalue weighted by Crippen LogP contribution is 2.21. The van der Waals surface area contributed by atoms with Gasteiger partial charge in [0.15, 0.2) is 0 Å². The van der Waals surface area contributed by atoms with Crippen LogP contribution in [0.3, 0.4) is 0 Å². The summed E-state index contributed by atoms with van der Waals surface area (Å²) in [5.74, 6) is 0.771. The van der Waals surface area contributed by atoms with E-state index in [4.69, 9.17) is 0 Å². The zero-order valence-corrected chi connectivity index (χ0v) is 12.3. The molecule has 110 valence electrons. The quantitative estimate of drug-likeness (QED) is 0.840. The van der Waals surface area contributed by atoms with Crippen LogP contribution >= 0.6 is 0 Å². The van der Waals surface area contributed by atoms with Crippen LogP contribution in [0.25, 0.3) is 0 Å². The van der Waals surface area contributed by atoms with Crippen molar-refractivity contribution in [3.05, 3.63) is 0 Å². The molecule has 2 saturated heterocycles. The molecule has 0 aromatic heterocycles. The molecule has 2 aliphatic rings. The molecule has 1 N–H and O–H groups in total. The summed E-state index contributed by atoms with van der Waals surface area (Å²) in [6.07, 6.45) is 4.91. The second kappa shape index (κ2) is 6.71. The summed E-state index contributed by atoms with van der Waals surface area (Å²) in [6, 6.07) is 0.438. The van der Waals surface area contributed by atoms with Gasteiger partial charge in [0, 0.05) is 25.6 Å². The van der Waals surface area contributed by atoms with Gasteiger partial charge in [0.2, 0.25) is 5.91 Å². The Morgan fingerprint density at radius 2 is 1.95 bits per heavy atom. The van der Waals surface area contributed by atoms with Gasteiger partial charge in [0.25, 0.3) is 0 Å². The van der Waals surface area contributed by atoms with Crippen molar-refractivity contribution in [2.75, 3.05) is 26.2 Å². The van der Waals surface area contributed by atoms with Crippen LogP contribution in [-0.2, 0) is 4.79 Å². The average molecular weight is 268 g/mol. The molecule has 0 bridgehead atoms. The highest BCUT2D eigenvalue weighted by Gasteiger charge is 2.26. The number of piperidine rings is 1. The van der Waals surface area contributed by atoms with Crippen molar-refractivity contribution < 1.29 is 9.90 Å². The van der Waals surface area contributed by atoms with Crippen molar-refractivity contribution in [2.45, 2.75) is 58.1 Å². The third kappa shape index (κ3) is 3.93. The van der Waals surface area contributed by atoms with Crippen molar-refractivity contribution in [1.29, 1.82) is 0 Å². The lowest BCUT2D eigenvalue weighted by Crippen LogP contribution is -2.40. The molecule has 0 radical (unpaired) electrons. The maximum absolute atomic E-state index is 12.1. The Morgan fingerprint density at radius 3 is 2.47 bits per heavy atom. The maximum Gasteiger partial charge on any atom is 0.224 e. The predicted octanol–water partition coefficient (Wildman–Crippen LogP) is 1.48. The summed E-state index contributed by atoms with van der Waals surface area (Å²) >= 11 is 0. The first-order valence-corrected chi connectivity index (χ1v) is 7.78. The van der Waals surface area contributed by atoms with Gasteiger partial charge in [-0.15, -0.1) is 0 Å². The SMILES string of the molecule is CC(O)C1CCN(CCC(=O)N2CCCC2C)CC1. The van der Waals surface area contributed by atoms with Gasteiger partial charge in [0.05, 0.1) is 6.10 Å². The second-order valence-electron chi connectivity index (χ2n) is 6.25. The second-order valence-corrected chi connectivity index (χ2v) is 6.25. The molecule has 2 heterocycles. The first-order chi connectivity index (χ1) is 9.08. The van der Waals surface area contributed by atoms with Gasteiger partial charge >= 0.3 is 0 Å². The molecular weight excluding hydrogens is 240 g/mol. The molecule has 4 nitrogen and oxygen atoms in total. The lowest BCUT2D eigenvalue weighted by atomic mass is 9.92. The first kappa shape index (κ1) is 14.8. The van der Waals surface area contributed by atoms with E-state index in [1.165, 1.54) is 0 Å². The normalized spacial score (nSPS) is 27.7. The van der Waals surface area contributed by atoms with E-state index in [9.17, 15) is 9.90 Å². The fraction of sp³-hybridized carbons (Fsp3) is 0.933. The Morgan fingerprint density at radius 1 is 1.26 bits per heavy atom. The van der Waals surface area contributed by atoms with Gasteiger partial charge in [-0.1, -0.05) is 0 Å². The molecule has 19 heavy (non-hydrogen) atoms. The van der Waals surface area contributed by atoms with E-state index in [1.54, 1.807) is 0 Å². The summed E-state index contributed by atoms with van der Waals surface area (Å²) in [5, 5.41) is 9.57. The van der Waals surface area contributed by atoms with E-state index in [1.807, 2.05) is 11.8 Å². The molecule has 2 atom stereocenters. The maximum atomic E-state index is 12.1. The minimum absolute atomic E-state index is 0.186. The van der Waals surface area contributed by atoms with Crippen molar-refractivity contribution in [2.24, 2.45) is 5.92 Å². The van der Waals surface area contributed by atoms with Gasteiger partial charge in [-0.3, -0.25) is 4.79 Å². The van der Waals surface area contributed by atoms with Crippen molar-refractivity contribution in [3.63, 3.8) is 0 Å². The lowest BCUT2D eigenvalue weighted by molar-refractivity contribution is -0.132. The molecular formula is C15H28N2O2. The molecule has 2 aliphatic heterocycles. The van der Waals surface area contributed by atoms with Crippen LogP contribution in [0.4, 0.5) is 0 Å². The van der Waals surface area contributed by atoms with E-state index in [0.717, 1.165) is 51.9 Å². The molecule has 2 unspecified atom stereocenters. The third-order valence-corrected chi connectivity index (χ3v) is 4.83. The standard InChI is InChI=1S/C15H28N2O2/c1-12-4-3-8-17(12)15(19)7-11-16-9-5-14(6-10-16)13(2)18/h12-14,18H,3-11H2,1-2H3. The number of amides is 1. The van der Waals surface area contributed by atoms with Crippen LogP contribution in [0.15, 0.2) is 0 Å². The number of carbonyl (C=O) groups is 1. The molecule has 0 spiro atoms. The molecule has 4 heteroatoms. The Hall–Kier alpha value is -0.610. The molecule has 0 saturated carbocycles. The molecule has 2 fully saturated rings. The zero-order valence-electron chi connectivity index (χ0n) is 12.3. The summed E-state index contributed by atoms with van der Waals surface area (Å²) in [6.45, 7) is 7.92. The van der Waals surface area contributed by atoms with Crippen molar-refractivity contribution in [1.82, 2.24) is 9.80 Å². The minimum atomic E-state index is -0.186. The van der Waals surface area contributed by atoms with E-state index in [2.05, 4.69) is 11.8 Å². The first-order valence-electron chi connectivity index (χ1n) is 7.78. The highest BCUT2D eigenvalue weighted by atomic mass is 16.3. The van der Waals surface area contributed by atoms with Crippen molar-refractivity contribution in [3.8, 4) is 0 Å². The fourth-order valence-electron chi connectivity index (χ4n) is 3.36. The van der Waals surface area contributed by atoms with E-state index in [-0.39, 0.29) is 6.10 Å². The van der Waals surface area contributed by atoms with Crippen LogP contribution in [0.5, 0.6) is 0 Å². The van der Waals surface area contributed by atoms with Crippen LogP contribution in [0, 0.1) is 5.92 Å². The topological polar surface area (TPSA) is 43.8 Å². The number of hydrogen-bond acceptors (Lipinski definition) is 3. The molecule has 1 amide bonds. The largest absolute Gasteiger partial charge is 0.393 e. The number of likely N-dealkylation sites (tertiary alicyclic amines) is 2. The average Bonchev–Trinajstić information content (AvgIpc) is 2.83.